The zero-order chi connectivity index (χ0) is 27.8. The molecule has 1 atom stereocenters. The van der Waals surface area contributed by atoms with Crippen molar-refractivity contribution < 1.29 is 28.5 Å². The number of benzene rings is 3. The summed E-state index contributed by atoms with van der Waals surface area (Å²) in [6.45, 7) is 4.23. The van der Waals surface area contributed by atoms with Crippen LogP contribution in [0.4, 0.5) is 0 Å². The number of carbonyl (C=O) groups is 1. The summed E-state index contributed by atoms with van der Waals surface area (Å²) < 4.78 is 22.4. The number of phenols is 1. The number of phenolic OH excluding ortho intramolecular Hbond substituents is 1. The van der Waals surface area contributed by atoms with Crippen molar-refractivity contribution in [2.75, 3.05) is 27.4 Å². The van der Waals surface area contributed by atoms with Gasteiger partial charge in [0.1, 0.15) is 5.58 Å². The minimum absolute atomic E-state index is 0.00225. The van der Waals surface area contributed by atoms with Crippen LogP contribution in [0.5, 0.6) is 23.0 Å². The molecule has 1 unspecified atom stereocenters. The minimum atomic E-state index is -0.756. The first-order valence-electron chi connectivity index (χ1n) is 12.5. The monoisotopic (exact) mass is 549 g/mol. The van der Waals surface area contributed by atoms with Crippen LogP contribution in [0.3, 0.4) is 0 Å². The molecule has 39 heavy (non-hydrogen) atoms. The van der Waals surface area contributed by atoms with E-state index in [4.69, 9.17) is 30.2 Å². The van der Waals surface area contributed by atoms with Gasteiger partial charge in [-0.1, -0.05) is 23.7 Å². The van der Waals surface area contributed by atoms with Crippen LogP contribution in [0.2, 0.25) is 5.02 Å². The Labute approximate surface area is 230 Å². The number of ether oxygens (including phenoxy) is 3. The molecule has 0 fully saturated rings. The fourth-order valence-electron chi connectivity index (χ4n) is 4.98. The summed E-state index contributed by atoms with van der Waals surface area (Å²) in [7, 11) is 3.13. The highest BCUT2D eigenvalue weighted by Gasteiger charge is 2.42. The van der Waals surface area contributed by atoms with E-state index < -0.39 is 11.9 Å². The molecular weight excluding hydrogens is 522 g/mol. The molecule has 0 spiro atoms. The molecule has 9 heteroatoms. The van der Waals surface area contributed by atoms with Gasteiger partial charge < -0.3 is 28.6 Å². The Morgan fingerprint density at radius 1 is 1.00 bits per heavy atom. The number of carbonyl (C=O) groups excluding carboxylic acids is 1. The van der Waals surface area contributed by atoms with Gasteiger partial charge in [0.05, 0.1) is 37.8 Å². The Balaban J connectivity index is 1.63. The summed E-state index contributed by atoms with van der Waals surface area (Å²) in [5.41, 5.74) is 2.47. The lowest BCUT2D eigenvalue weighted by Crippen LogP contribution is -2.31. The standard InChI is InChI=1S/C30H28ClNO7/c1-5-38-24-14-18(7-8-21(24)33)27-26-28(34)19-15-20(31)16(2)12-23(19)39-29(26)30(35)32(27)11-10-17-6-9-22(36-3)25(13-17)37-4/h6-9,12-15,27,33H,5,10-11H2,1-4H3. The van der Waals surface area contributed by atoms with Gasteiger partial charge in [-0.3, -0.25) is 9.59 Å². The van der Waals surface area contributed by atoms with Crippen LogP contribution in [0.1, 0.15) is 45.8 Å². The topological polar surface area (TPSA) is 98.4 Å². The van der Waals surface area contributed by atoms with Crippen molar-refractivity contribution in [3.63, 3.8) is 0 Å². The van der Waals surface area contributed by atoms with Gasteiger partial charge in [-0.05, 0) is 73.4 Å². The third-order valence-corrected chi connectivity index (χ3v) is 7.34. The zero-order valence-electron chi connectivity index (χ0n) is 22.0. The van der Waals surface area contributed by atoms with E-state index in [1.807, 2.05) is 25.1 Å². The largest absolute Gasteiger partial charge is 0.504 e. The highest BCUT2D eigenvalue weighted by Crippen LogP contribution is 2.41. The third-order valence-electron chi connectivity index (χ3n) is 6.94. The molecule has 1 aliphatic heterocycles. The van der Waals surface area contributed by atoms with E-state index in [2.05, 4.69) is 0 Å². The number of aromatic hydroxyl groups is 1. The van der Waals surface area contributed by atoms with Gasteiger partial charge in [0.25, 0.3) is 5.91 Å². The molecule has 0 radical (unpaired) electrons. The van der Waals surface area contributed by atoms with Gasteiger partial charge in [-0.15, -0.1) is 0 Å². The molecule has 0 aliphatic carbocycles. The van der Waals surface area contributed by atoms with Crippen LogP contribution < -0.4 is 19.6 Å². The summed E-state index contributed by atoms with van der Waals surface area (Å²) >= 11 is 6.34. The molecule has 1 N–H and O–H groups in total. The van der Waals surface area contributed by atoms with Crippen molar-refractivity contribution in [1.82, 2.24) is 4.90 Å². The lowest BCUT2D eigenvalue weighted by molar-refractivity contribution is 0.0729. The van der Waals surface area contributed by atoms with Crippen molar-refractivity contribution in [1.29, 1.82) is 0 Å². The van der Waals surface area contributed by atoms with Crippen molar-refractivity contribution in [3.05, 3.63) is 91.8 Å². The minimum Gasteiger partial charge on any atom is -0.504 e. The second kappa shape index (κ2) is 10.5. The maximum absolute atomic E-state index is 13.9. The van der Waals surface area contributed by atoms with Crippen LogP contribution in [-0.4, -0.2) is 43.3 Å². The first-order chi connectivity index (χ1) is 18.8. The van der Waals surface area contributed by atoms with Crippen LogP contribution in [0.25, 0.3) is 11.0 Å². The van der Waals surface area contributed by atoms with Crippen molar-refractivity contribution >= 4 is 28.5 Å². The molecule has 3 aromatic carbocycles. The predicted octanol–water partition coefficient (Wildman–Crippen LogP) is 5.66. The number of aryl methyl sites for hydroxylation is 1. The van der Waals surface area contributed by atoms with Crippen molar-refractivity contribution in [2.45, 2.75) is 26.3 Å². The maximum atomic E-state index is 13.9. The second-order valence-electron chi connectivity index (χ2n) is 9.27. The quantitative estimate of drug-likeness (QED) is 0.302. The Morgan fingerprint density at radius 2 is 1.77 bits per heavy atom. The zero-order valence-corrected chi connectivity index (χ0v) is 22.8. The Kier molecular flexibility index (Phi) is 7.14. The normalized spacial score (nSPS) is 14.5. The summed E-state index contributed by atoms with van der Waals surface area (Å²) in [4.78, 5) is 29.3. The number of rotatable bonds is 8. The predicted molar refractivity (Wildman–Crippen MR) is 148 cm³/mol. The smallest absolute Gasteiger partial charge is 0.290 e. The highest BCUT2D eigenvalue weighted by atomic mass is 35.5. The van der Waals surface area contributed by atoms with Gasteiger partial charge in [0.2, 0.25) is 5.76 Å². The molecular formula is C30H28ClNO7. The summed E-state index contributed by atoms with van der Waals surface area (Å²) in [5.74, 6) is 1.02. The number of hydrogen-bond donors (Lipinski definition) is 1. The Morgan fingerprint density at radius 3 is 2.49 bits per heavy atom. The number of hydrogen-bond acceptors (Lipinski definition) is 7. The third kappa shape index (κ3) is 4.65. The van der Waals surface area contributed by atoms with E-state index >= 15 is 0 Å². The summed E-state index contributed by atoms with van der Waals surface area (Å²) in [6.07, 6.45) is 0.478. The maximum Gasteiger partial charge on any atom is 0.290 e. The van der Waals surface area contributed by atoms with Gasteiger partial charge in [0.15, 0.2) is 28.4 Å². The number of nitrogens with zero attached hydrogens (tertiary/aromatic N) is 1. The number of fused-ring (bicyclic) bond motifs is 2. The molecule has 8 nitrogen and oxygen atoms in total. The van der Waals surface area contributed by atoms with Crippen LogP contribution in [0.15, 0.2) is 57.7 Å². The lowest BCUT2D eigenvalue weighted by Gasteiger charge is -2.26. The first kappa shape index (κ1) is 26.4. The summed E-state index contributed by atoms with van der Waals surface area (Å²) in [5, 5.41) is 11.0. The average molecular weight is 550 g/mol. The van der Waals surface area contributed by atoms with Gasteiger partial charge in [-0.2, -0.15) is 0 Å². The van der Waals surface area contributed by atoms with Crippen molar-refractivity contribution in [3.8, 4) is 23.0 Å². The van der Waals surface area contributed by atoms with E-state index in [1.54, 1.807) is 50.3 Å². The van der Waals surface area contributed by atoms with E-state index in [9.17, 15) is 14.7 Å². The lowest BCUT2D eigenvalue weighted by atomic mass is 9.97. The molecule has 2 heterocycles. The number of methoxy groups -OCH3 is 2. The number of amides is 1. The Hall–Kier alpha value is -4.17. The molecule has 0 saturated carbocycles. The van der Waals surface area contributed by atoms with E-state index in [-0.39, 0.29) is 34.8 Å². The molecule has 4 aromatic rings. The van der Waals surface area contributed by atoms with Crippen molar-refractivity contribution in [2.24, 2.45) is 0 Å². The summed E-state index contributed by atoms with van der Waals surface area (Å²) in [6, 6.07) is 12.9. The average Bonchev–Trinajstić information content (AvgIpc) is 3.21. The molecule has 1 amide bonds. The van der Waals surface area contributed by atoms with Gasteiger partial charge in [0, 0.05) is 11.6 Å². The van der Waals surface area contributed by atoms with E-state index in [0.29, 0.717) is 46.1 Å². The highest BCUT2D eigenvalue weighted by molar-refractivity contribution is 6.32. The van der Waals surface area contributed by atoms with Gasteiger partial charge >= 0.3 is 0 Å². The fourth-order valence-corrected chi connectivity index (χ4v) is 5.14. The first-order valence-corrected chi connectivity index (χ1v) is 12.9. The van der Waals surface area contributed by atoms with E-state index in [0.717, 1.165) is 11.1 Å². The fraction of sp³-hybridized carbons (Fsp3) is 0.267. The second-order valence-corrected chi connectivity index (χ2v) is 9.68. The molecule has 5 rings (SSSR count). The number of halogens is 1. The van der Waals surface area contributed by atoms with E-state index in [1.165, 1.54) is 6.07 Å². The van der Waals surface area contributed by atoms with Crippen LogP contribution in [0, 0.1) is 6.92 Å². The molecule has 1 aromatic heterocycles. The van der Waals surface area contributed by atoms with Crippen LogP contribution in [-0.2, 0) is 6.42 Å². The van der Waals surface area contributed by atoms with Crippen LogP contribution >= 0.6 is 11.6 Å². The molecule has 1 aliphatic rings. The molecule has 0 bridgehead atoms. The molecule has 202 valence electrons. The van der Waals surface area contributed by atoms with Gasteiger partial charge in [-0.25, -0.2) is 0 Å². The molecule has 0 saturated heterocycles. The Bertz CT molecular complexity index is 1650. The SMILES string of the molecule is CCOc1cc(C2c3c(oc4cc(C)c(Cl)cc4c3=O)C(=O)N2CCc2ccc(OC)c(OC)c2)ccc1O.